The van der Waals surface area contributed by atoms with Crippen LogP contribution in [-0.2, 0) is 16.9 Å². The summed E-state index contributed by atoms with van der Waals surface area (Å²) in [4.78, 5) is 3.67. The predicted octanol–water partition coefficient (Wildman–Crippen LogP) is -0.00120. The quantitative estimate of drug-likeness (QED) is 0.671. The molecule has 0 aliphatic rings. The molecule has 0 saturated carbocycles. The van der Waals surface area contributed by atoms with Gasteiger partial charge in [-0.1, -0.05) is 6.92 Å². The fourth-order valence-electron chi connectivity index (χ4n) is 0.822. The monoisotopic (exact) mass is 189 g/mol. The largest absolute Gasteiger partial charge is 0.266 e. The molecule has 0 spiro atoms. The summed E-state index contributed by atoms with van der Waals surface area (Å²) >= 11 is 0. The predicted molar refractivity (Wildman–Crippen MR) is 43.3 cm³/mol. The lowest BCUT2D eigenvalue weighted by molar-refractivity contribution is 0.583. The Morgan fingerprint density at radius 2 is 2.25 bits per heavy atom. The lowest BCUT2D eigenvalue weighted by Gasteiger charge is -1.94. The van der Waals surface area contributed by atoms with Gasteiger partial charge in [0.05, 0.1) is 5.75 Å². The molecule has 12 heavy (non-hydrogen) atoms. The first kappa shape index (κ1) is 9.18. The Balaban J connectivity index is 2.98. The topological polar surface area (TPSA) is 64.8 Å². The molecule has 0 amide bonds. The maximum absolute atomic E-state index is 11.3. The van der Waals surface area contributed by atoms with Crippen LogP contribution in [-0.4, -0.2) is 28.9 Å². The van der Waals surface area contributed by atoms with Crippen LogP contribution in [0.3, 0.4) is 0 Å². The number of aryl methyl sites for hydroxylation is 1. The average Bonchev–Trinajstić information content (AvgIpc) is 2.36. The van der Waals surface area contributed by atoms with Crippen molar-refractivity contribution in [1.82, 2.24) is 14.8 Å². The van der Waals surface area contributed by atoms with E-state index in [4.69, 9.17) is 0 Å². The molecule has 0 bridgehead atoms. The van der Waals surface area contributed by atoms with Gasteiger partial charge in [0.25, 0.3) is 5.16 Å². The molecule has 0 saturated heterocycles. The Kier molecular flexibility index (Phi) is 2.46. The first-order chi connectivity index (χ1) is 5.56. The molecular formula is C6H11N3O2S. The summed E-state index contributed by atoms with van der Waals surface area (Å²) in [5, 5.41) is 3.64. The third-order valence-electron chi connectivity index (χ3n) is 1.33. The number of rotatable bonds is 3. The van der Waals surface area contributed by atoms with Gasteiger partial charge in [-0.05, 0) is 6.42 Å². The van der Waals surface area contributed by atoms with Crippen molar-refractivity contribution in [3.05, 3.63) is 6.33 Å². The summed E-state index contributed by atoms with van der Waals surface area (Å²) in [6.07, 6.45) is 1.96. The molecule has 0 atom stereocenters. The van der Waals surface area contributed by atoms with Gasteiger partial charge in [-0.25, -0.2) is 13.4 Å². The standard InChI is InChI=1S/C6H11N3O2S/c1-3-4-12(10,11)6-7-5-9(2)8-6/h5H,3-4H2,1-2H3. The first-order valence-corrected chi connectivity index (χ1v) is 5.30. The Morgan fingerprint density at radius 3 is 2.67 bits per heavy atom. The molecule has 0 aliphatic heterocycles. The molecule has 0 unspecified atom stereocenters. The van der Waals surface area contributed by atoms with Crippen LogP contribution in [0.4, 0.5) is 0 Å². The van der Waals surface area contributed by atoms with Gasteiger partial charge >= 0.3 is 0 Å². The fourth-order valence-corrected chi connectivity index (χ4v) is 2.00. The van der Waals surface area contributed by atoms with Crippen molar-refractivity contribution in [1.29, 1.82) is 0 Å². The number of aromatic nitrogens is 3. The molecule has 1 heterocycles. The summed E-state index contributed by atoms with van der Waals surface area (Å²) < 4.78 is 24.0. The zero-order valence-electron chi connectivity index (χ0n) is 7.06. The third-order valence-corrected chi connectivity index (χ3v) is 3.02. The first-order valence-electron chi connectivity index (χ1n) is 3.64. The second kappa shape index (κ2) is 3.22. The van der Waals surface area contributed by atoms with E-state index >= 15 is 0 Å². The van der Waals surface area contributed by atoms with Crippen molar-refractivity contribution in [3.63, 3.8) is 0 Å². The lowest BCUT2D eigenvalue weighted by Crippen LogP contribution is -2.08. The molecule has 0 radical (unpaired) electrons. The summed E-state index contributed by atoms with van der Waals surface area (Å²) in [6.45, 7) is 1.81. The molecular weight excluding hydrogens is 178 g/mol. The van der Waals surface area contributed by atoms with E-state index in [2.05, 4.69) is 10.1 Å². The van der Waals surface area contributed by atoms with Gasteiger partial charge in [0, 0.05) is 7.05 Å². The highest BCUT2D eigenvalue weighted by atomic mass is 32.2. The number of sulfone groups is 1. The molecule has 1 aromatic heterocycles. The van der Waals surface area contributed by atoms with Crippen LogP contribution in [0.25, 0.3) is 0 Å². The highest BCUT2D eigenvalue weighted by Gasteiger charge is 2.17. The summed E-state index contributed by atoms with van der Waals surface area (Å²) in [7, 11) is -1.60. The molecule has 5 nitrogen and oxygen atoms in total. The van der Waals surface area contributed by atoms with E-state index in [0.717, 1.165) is 0 Å². The highest BCUT2D eigenvalue weighted by Crippen LogP contribution is 2.03. The van der Waals surface area contributed by atoms with Crippen LogP contribution in [0.15, 0.2) is 11.5 Å². The van der Waals surface area contributed by atoms with E-state index in [9.17, 15) is 8.42 Å². The minimum atomic E-state index is -3.23. The van der Waals surface area contributed by atoms with Crippen LogP contribution in [0, 0.1) is 0 Å². The van der Waals surface area contributed by atoms with Crippen molar-refractivity contribution in [3.8, 4) is 0 Å². The number of nitrogens with zero attached hydrogens (tertiary/aromatic N) is 3. The van der Waals surface area contributed by atoms with Gasteiger partial charge in [0.2, 0.25) is 9.84 Å². The van der Waals surface area contributed by atoms with Crippen molar-refractivity contribution >= 4 is 9.84 Å². The Labute approximate surface area is 71.3 Å². The van der Waals surface area contributed by atoms with Gasteiger partial charge in [-0.2, -0.15) is 0 Å². The molecule has 1 aromatic rings. The molecule has 0 fully saturated rings. The maximum atomic E-state index is 11.3. The van der Waals surface area contributed by atoms with E-state index < -0.39 is 9.84 Å². The Hall–Kier alpha value is -0.910. The Bertz CT molecular complexity index is 355. The van der Waals surface area contributed by atoms with Crippen molar-refractivity contribution in [2.75, 3.05) is 5.75 Å². The average molecular weight is 189 g/mol. The van der Waals surface area contributed by atoms with Crippen molar-refractivity contribution < 1.29 is 8.42 Å². The van der Waals surface area contributed by atoms with E-state index in [1.165, 1.54) is 11.0 Å². The highest BCUT2D eigenvalue weighted by molar-refractivity contribution is 7.91. The van der Waals surface area contributed by atoms with Crippen molar-refractivity contribution in [2.24, 2.45) is 7.05 Å². The molecule has 1 rings (SSSR count). The summed E-state index contributed by atoms with van der Waals surface area (Å²) in [5.74, 6) is 0.108. The minimum absolute atomic E-state index is 0.0770. The molecule has 68 valence electrons. The van der Waals surface area contributed by atoms with Crippen LogP contribution in [0.1, 0.15) is 13.3 Å². The fraction of sp³-hybridized carbons (Fsp3) is 0.667. The molecule has 6 heteroatoms. The number of hydrogen-bond acceptors (Lipinski definition) is 4. The zero-order valence-corrected chi connectivity index (χ0v) is 7.87. The van der Waals surface area contributed by atoms with E-state index in [0.29, 0.717) is 6.42 Å². The van der Waals surface area contributed by atoms with E-state index in [-0.39, 0.29) is 10.9 Å². The van der Waals surface area contributed by atoms with Crippen LogP contribution >= 0.6 is 0 Å². The smallest absolute Gasteiger partial charge is 0.255 e. The van der Waals surface area contributed by atoms with Gasteiger partial charge in [0.15, 0.2) is 0 Å². The zero-order chi connectivity index (χ0) is 9.19. The van der Waals surface area contributed by atoms with Crippen LogP contribution in [0.2, 0.25) is 0 Å². The van der Waals surface area contributed by atoms with E-state index in [1.807, 2.05) is 0 Å². The van der Waals surface area contributed by atoms with Gasteiger partial charge in [-0.3, -0.25) is 4.68 Å². The SMILES string of the molecule is CCCS(=O)(=O)c1ncn(C)n1. The number of hydrogen-bond donors (Lipinski definition) is 0. The van der Waals surface area contributed by atoms with Gasteiger partial charge in [-0.15, -0.1) is 5.10 Å². The van der Waals surface area contributed by atoms with Crippen LogP contribution < -0.4 is 0 Å². The van der Waals surface area contributed by atoms with E-state index in [1.54, 1.807) is 14.0 Å². The lowest BCUT2D eigenvalue weighted by atomic mass is 10.6. The van der Waals surface area contributed by atoms with Crippen molar-refractivity contribution in [2.45, 2.75) is 18.5 Å². The van der Waals surface area contributed by atoms with Gasteiger partial charge < -0.3 is 0 Å². The van der Waals surface area contributed by atoms with Gasteiger partial charge in [0.1, 0.15) is 6.33 Å². The second-order valence-corrected chi connectivity index (χ2v) is 4.52. The molecule has 0 N–H and O–H groups in total. The Morgan fingerprint density at radius 1 is 1.58 bits per heavy atom. The normalized spacial score (nSPS) is 11.8. The summed E-state index contributed by atoms with van der Waals surface area (Å²) in [6, 6.07) is 0. The third kappa shape index (κ3) is 1.82. The molecule has 0 aromatic carbocycles. The molecule has 0 aliphatic carbocycles. The second-order valence-electron chi connectivity index (χ2n) is 2.52. The maximum Gasteiger partial charge on any atom is 0.266 e. The summed E-state index contributed by atoms with van der Waals surface area (Å²) in [5.41, 5.74) is 0. The minimum Gasteiger partial charge on any atom is -0.255 e. The van der Waals surface area contributed by atoms with Crippen LogP contribution in [0.5, 0.6) is 0 Å².